The molecule has 0 bridgehead atoms. The van der Waals surface area contributed by atoms with Crippen LogP contribution in [0, 0.1) is 0 Å². The Hall–Kier alpha value is -3.85. The summed E-state index contributed by atoms with van der Waals surface area (Å²) in [6.07, 6.45) is 5.11. The molecule has 2 aromatic heterocycles. The fourth-order valence-electron chi connectivity index (χ4n) is 4.76. The van der Waals surface area contributed by atoms with E-state index in [9.17, 15) is 9.59 Å². The van der Waals surface area contributed by atoms with E-state index >= 15 is 0 Å². The number of aryl methyl sites for hydroxylation is 1. The zero-order valence-corrected chi connectivity index (χ0v) is 21.0. The van der Waals surface area contributed by atoms with Crippen LogP contribution in [0.25, 0.3) is 22.3 Å². The van der Waals surface area contributed by atoms with Gasteiger partial charge in [-0.1, -0.05) is 23.7 Å². The number of carboxylic acid groups (broad SMARTS) is 1. The molecule has 0 saturated carbocycles. The van der Waals surface area contributed by atoms with Gasteiger partial charge in [0.2, 0.25) is 0 Å². The molecule has 4 aromatic rings. The number of aromatic amines is 1. The summed E-state index contributed by atoms with van der Waals surface area (Å²) in [7, 11) is 0. The summed E-state index contributed by atoms with van der Waals surface area (Å²) >= 11 is 6.08. The number of carboxylic acids is 1. The molecule has 0 atom stereocenters. The average molecular weight is 519 g/mol. The first-order valence-corrected chi connectivity index (χ1v) is 12.8. The molecule has 3 heterocycles. The number of amides is 1. The Balaban J connectivity index is 1.38. The first-order valence-electron chi connectivity index (χ1n) is 12.4. The Bertz CT molecular complexity index is 1400. The van der Waals surface area contributed by atoms with Crippen molar-refractivity contribution in [1.82, 2.24) is 30.0 Å². The van der Waals surface area contributed by atoms with Crippen LogP contribution in [0.2, 0.25) is 5.02 Å². The monoisotopic (exact) mass is 518 g/mol. The third kappa shape index (κ3) is 5.77. The number of nitrogens with zero attached hydrogens (tertiary/aromatic N) is 5. The second kappa shape index (κ2) is 11.0. The third-order valence-corrected chi connectivity index (χ3v) is 7.01. The molecule has 1 saturated heterocycles. The first-order chi connectivity index (χ1) is 18.0. The highest BCUT2D eigenvalue weighted by molar-refractivity contribution is 6.30. The number of fused-ring (bicyclic) bond motifs is 1. The number of benzene rings is 2. The lowest BCUT2D eigenvalue weighted by Crippen LogP contribution is -2.38. The average Bonchev–Trinajstić information content (AvgIpc) is 3.46. The van der Waals surface area contributed by atoms with Crippen molar-refractivity contribution in [3.63, 3.8) is 0 Å². The number of rotatable bonds is 8. The molecule has 2 aromatic carbocycles. The van der Waals surface area contributed by atoms with Gasteiger partial charge in [0.05, 0.1) is 22.4 Å². The quantitative estimate of drug-likeness (QED) is 0.318. The van der Waals surface area contributed by atoms with Crippen molar-refractivity contribution >= 4 is 34.5 Å². The largest absolute Gasteiger partial charge is 0.481 e. The minimum Gasteiger partial charge on any atom is -0.481 e. The molecule has 1 aliphatic heterocycles. The molecule has 10 heteroatoms. The molecular weight excluding hydrogens is 492 g/mol. The maximum absolute atomic E-state index is 13.3. The summed E-state index contributed by atoms with van der Waals surface area (Å²) in [4.78, 5) is 40.1. The molecule has 2 N–H and O–H groups in total. The lowest BCUT2D eigenvalue weighted by Gasteiger charge is -2.31. The number of unbranched alkanes of at least 4 members (excludes halogenated alkanes) is 1. The second-order valence-corrected chi connectivity index (χ2v) is 9.70. The summed E-state index contributed by atoms with van der Waals surface area (Å²) in [5.74, 6) is 0.324. The smallest absolute Gasteiger partial charge is 0.303 e. The molecule has 0 spiro atoms. The number of aromatic nitrogens is 5. The second-order valence-electron chi connectivity index (χ2n) is 9.27. The molecule has 1 aliphatic rings. The van der Waals surface area contributed by atoms with E-state index in [1.807, 2.05) is 35.2 Å². The van der Waals surface area contributed by atoms with Gasteiger partial charge in [-0.2, -0.15) is 5.10 Å². The number of aliphatic carboxylic acids is 1. The zero-order valence-electron chi connectivity index (χ0n) is 20.2. The van der Waals surface area contributed by atoms with E-state index in [0.717, 1.165) is 35.6 Å². The van der Waals surface area contributed by atoms with Gasteiger partial charge in [-0.25, -0.2) is 15.0 Å². The molecule has 1 amide bonds. The van der Waals surface area contributed by atoms with Crippen molar-refractivity contribution in [2.45, 2.75) is 44.4 Å². The normalized spacial score (nSPS) is 14.2. The van der Waals surface area contributed by atoms with Crippen molar-refractivity contribution in [1.29, 1.82) is 0 Å². The standard InChI is InChI=1S/C27H27ClN6O3/c28-20-8-5-17(6-9-20)25-22(3-1-2-4-24(35)36)31-23-15-19(7-10-21(23)32-25)27(37)34-13-11-18(12-14-34)26-29-16-30-33-26/h5-10,15-16,18H,1-4,11-14H2,(H,35,36)(H,29,30,33). The van der Waals surface area contributed by atoms with Gasteiger partial charge in [-0.3, -0.25) is 14.7 Å². The van der Waals surface area contributed by atoms with Gasteiger partial charge in [0.25, 0.3) is 5.91 Å². The molecule has 190 valence electrons. The van der Waals surface area contributed by atoms with Gasteiger partial charge < -0.3 is 10.0 Å². The third-order valence-electron chi connectivity index (χ3n) is 6.76. The van der Waals surface area contributed by atoms with Crippen LogP contribution >= 0.6 is 11.6 Å². The number of carbonyl (C=O) groups excluding carboxylic acids is 1. The van der Waals surface area contributed by atoms with Crippen molar-refractivity contribution < 1.29 is 14.7 Å². The van der Waals surface area contributed by atoms with E-state index in [4.69, 9.17) is 26.7 Å². The number of H-pyrrole nitrogens is 1. The Morgan fingerprint density at radius 3 is 2.51 bits per heavy atom. The maximum atomic E-state index is 13.3. The number of nitrogens with one attached hydrogen (secondary N) is 1. The van der Waals surface area contributed by atoms with Crippen LogP contribution in [-0.2, 0) is 11.2 Å². The van der Waals surface area contributed by atoms with Crippen molar-refractivity contribution in [3.05, 3.63) is 70.9 Å². The SMILES string of the molecule is O=C(O)CCCCc1nc2cc(C(=O)N3CCC(c4ncn[nH]4)CC3)ccc2nc1-c1ccc(Cl)cc1. The number of piperidine rings is 1. The van der Waals surface area contributed by atoms with E-state index in [1.54, 1.807) is 12.1 Å². The molecule has 5 rings (SSSR count). The van der Waals surface area contributed by atoms with E-state index in [0.29, 0.717) is 54.0 Å². The minimum atomic E-state index is -0.810. The molecule has 37 heavy (non-hydrogen) atoms. The fraction of sp³-hybridized carbons (Fsp3) is 0.333. The number of carbonyl (C=O) groups is 2. The molecule has 0 aliphatic carbocycles. The Morgan fingerprint density at radius 1 is 1.03 bits per heavy atom. The zero-order chi connectivity index (χ0) is 25.8. The van der Waals surface area contributed by atoms with Gasteiger partial charge in [-0.15, -0.1) is 0 Å². The first kappa shape index (κ1) is 24.8. The Kier molecular flexibility index (Phi) is 7.41. The Labute approximate surface area is 218 Å². The molecule has 0 unspecified atom stereocenters. The van der Waals surface area contributed by atoms with Gasteiger partial charge >= 0.3 is 5.97 Å². The molecule has 1 fully saturated rings. The van der Waals surface area contributed by atoms with E-state index in [-0.39, 0.29) is 18.2 Å². The van der Waals surface area contributed by atoms with Crippen molar-refractivity contribution in [2.24, 2.45) is 0 Å². The molecular formula is C27H27ClN6O3. The van der Waals surface area contributed by atoms with Gasteiger partial charge in [0.1, 0.15) is 12.2 Å². The van der Waals surface area contributed by atoms with Crippen LogP contribution in [0.5, 0.6) is 0 Å². The van der Waals surface area contributed by atoms with Gasteiger partial charge in [-0.05, 0) is 62.4 Å². The Morgan fingerprint density at radius 2 is 1.81 bits per heavy atom. The van der Waals surface area contributed by atoms with Crippen LogP contribution in [0.3, 0.4) is 0 Å². The molecule has 0 radical (unpaired) electrons. The highest BCUT2D eigenvalue weighted by atomic mass is 35.5. The predicted octanol–water partition coefficient (Wildman–Crippen LogP) is 4.89. The van der Waals surface area contributed by atoms with Crippen LogP contribution in [0.15, 0.2) is 48.8 Å². The summed E-state index contributed by atoms with van der Waals surface area (Å²) in [6.45, 7) is 1.30. The van der Waals surface area contributed by atoms with Crippen molar-refractivity contribution in [3.8, 4) is 11.3 Å². The van der Waals surface area contributed by atoms with E-state index in [2.05, 4.69) is 15.2 Å². The van der Waals surface area contributed by atoms with Gasteiger partial charge in [0.15, 0.2) is 0 Å². The predicted molar refractivity (Wildman–Crippen MR) is 139 cm³/mol. The maximum Gasteiger partial charge on any atom is 0.303 e. The van der Waals surface area contributed by atoms with Crippen LogP contribution in [-0.4, -0.2) is 60.1 Å². The number of likely N-dealkylation sites (tertiary alicyclic amines) is 1. The fourth-order valence-corrected chi connectivity index (χ4v) is 4.88. The van der Waals surface area contributed by atoms with Crippen LogP contribution in [0.1, 0.15) is 59.9 Å². The lowest BCUT2D eigenvalue weighted by atomic mass is 9.95. The lowest BCUT2D eigenvalue weighted by molar-refractivity contribution is -0.137. The minimum absolute atomic E-state index is 0.0236. The summed E-state index contributed by atoms with van der Waals surface area (Å²) < 4.78 is 0. The number of hydrogen-bond acceptors (Lipinski definition) is 6. The van der Waals surface area contributed by atoms with Crippen LogP contribution in [0.4, 0.5) is 0 Å². The van der Waals surface area contributed by atoms with E-state index in [1.165, 1.54) is 6.33 Å². The molecule has 9 nitrogen and oxygen atoms in total. The van der Waals surface area contributed by atoms with Gasteiger partial charge in [0, 0.05) is 41.6 Å². The summed E-state index contributed by atoms with van der Waals surface area (Å²) in [6, 6.07) is 12.9. The highest BCUT2D eigenvalue weighted by Crippen LogP contribution is 2.28. The number of halogens is 1. The summed E-state index contributed by atoms with van der Waals surface area (Å²) in [5, 5.41) is 16.5. The number of hydrogen-bond donors (Lipinski definition) is 2. The van der Waals surface area contributed by atoms with E-state index < -0.39 is 5.97 Å². The topological polar surface area (TPSA) is 125 Å². The van der Waals surface area contributed by atoms with Crippen molar-refractivity contribution in [2.75, 3.05) is 13.1 Å². The van der Waals surface area contributed by atoms with Crippen LogP contribution < -0.4 is 0 Å². The summed E-state index contributed by atoms with van der Waals surface area (Å²) in [5.41, 5.74) is 4.33. The highest BCUT2D eigenvalue weighted by Gasteiger charge is 2.26.